The van der Waals surface area contributed by atoms with Crippen molar-refractivity contribution in [3.05, 3.63) is 0 Å². The van der Waals surface area contributed by atoms with Gasteiger partial charge in [-0.3, -0.25) is 9.69 Å². The molecular weight excluding hydrogens is 210 g/mol. The van der Waals surface area contributed by atoms with Crippen LogP contribution in [0.5, 0.6) is 0 Å². The third-order valence-electron chi connectivity index (χ3n) is 2.54. The summed E-state index contributed by atoms with van der Waals surface area (Å²) in [6, 6.07) is -0.283. The zero-order chi connectivity index (χ0) is 12.0. The number of rotatable bonds is 5. The molecule has 0 N–H and O–H groups in total. The topological polar surface area (TPSA) is 48.0 Å². The van der Waals surface area contributed by atoms with Gasteiger partial charge in [0.1, 0.15) is 6.04 Å². The smallest absolute Gasteiger partial charge is 0.325 e. The number of ether oxygens (including phenoxy) is 3. The second kappa shape index (κ2) is 6.83. The molecule has 0 saturated carbocycles. The lowest BCUT2D eigenvalue weighted by Crippen LogP contribution is -2.51. The Bertz CT molecular complexity index is 220. The van der Waals surface area contributed by atoms with Crippen LogP contribution in [0, 0.1) is 0 Å². The maximum Gasteiger partial charge on any atom is 0.325 e. The van der Waals surface area contributed by atoms with Gasteiger partial charge in [-0.1, -0.05) is 0 Å². The van der Waals surface area contributed by atoms with E-state index in [9.17, 15) is 4.79 Å². The Balaban J connectivity index is 2.38. The van der Waals surface area contributed by atoms with Crippen molar-refractivity contribution in [3.8, 4) is 0 Å². The number of hydrogen-bond acceptors (Lipinski definition) is 5. The highest BCUT2D eigenvalue weighted by Crippen LogP contribution is 2.08. The zero-order valence-corrected chi connectivity index (χ0v) is 10.3. The Morgan fingerprint density at radius 1 is 1.56 bits per heavy atom. The van der Waals surface area contributed by atoms with E-state index in [2.05, 4.69) is 4.90 Å². The van der Waals surface area contributed by atoms with Crippen molar-refractivity contribution >= 4 is 5.97 Å². The number of carbonyl (C=O) groups is 1. The Labute approximate surface area is 96.6 Å². The summed E-state index contributed by atoms with van der Waals surface area (Å²) in [4.78, 5) is 13.5. The second-order valence-corrected chi connectivity index (χ2v) is 4.07. The van der Waals surface area contributed by atoms with E-state index in [1.807, 2.05) is 13.8 Å². The number of methoxy groups -OCH3 is 1. The predicted octanol–water partition coefficient (Wildman–Crippen LogP) is 0.285. The molecule has 0 aromatic carbocycles. The molecule has 0 aliphatic carbocycles. The van der Waals surface area contributed by atoms with Crippen LogP contribution in [0.4, 0.5) is 0 Å². The van der Waals surface area contributed by atoms with Gasteiger partial charge in [0.2, 0.25) is 0 Å². The van der Waals surface area contributed by atoms with E-state index in [1.165, 1.54) is 7.11 Å². The Hall–Kier alpha value is -0.650. The number of nitrogens with zero attached hydrogens (tertiary/aromatic N) is 1. The first-order valence-electron chi connectivity index (χ1n) is 5.66. The minimum atomic E-state index is -0.283. The molecule has 5 heteroatoms. The first kappa shape index (κ1) is 13.4. The van der Waals surface area contributed by atoms with Gasteiger partial charge in [0.15, 0.2) is 0 Å². The van der Waals surface area contributed by atoms with Crippen molar-refractivity contribution in [2.75, 3.05) is 40.0 Å². The number of esters is 1. The molecule has 1 saturated heterocycles. The molecule has 0 bridgehead atoms. The lowest BCUT2D eigenvalue weighted by Gasteiger charge is -2.33. The summed E-state index contributed by atoms with van der Waals surface area (Å²) in [5.74, 6) is -0.232. The fourth-order valence-corrected chi connectivity index (χ4v) is 1.66. The monoisotopic (exact) mass is 231 g/mol. The van der Waals surface area contributed by atoms with Crippen molar-refractivity contribution in [2.45, 2.75) is 26.0 Å². The van der Waals surface area contributed by atoms with Gasteiger partial charge in [0.25, 0.3) is 0 Å². The van der Waals surface area contributed by atoms with Gasteiger partial charge in [-0.25, -0.2) is 0 Å². The van der Waals surface area contributed by atoms with E-state index >= 15 is 0 Å². The van der Waals surface area contributed by atoms with Gasteiger partial charge in [-0.05, 0) is 13.8 Å². The van der Waals surface area contributed by atoms with Gasteiger partial charge >= 0.3 is 5.97 Å². The van der Waals surface area contributed by atoms with Crippen LogP contribution in [0.1, 0.15) is 13.8 Å². The lowest BCUT2D eigenvalue weighted by atomic mass is 10.2. The molecule has 1 aliphatic heterocycles. The number of morpholine rings is 1. The lowest BCUT2D eigenvalue weighted by molar-refractivity contribution is -0.153. The summed E-state index contributed by atoms with van der Waals surface area (Å²) < 4.78 is 15.5. The maximum atomic E-state index is 11.5. The van der Waals surface area contributed by atoms with Crippen molar-refractivity contribution in [1.29, 1.82) is 0 Å². The summed E-state index contributed by atoms with van der Waals surface area (Å²) >= 11 is 0. The Morgan fingerprint density at radius 3 is 2.94 bits per heavy atom. The Kier molecular flexibility index (Phi) is 5.73. The van der Waals surface area contributed by atoms with Crippen LogP contribution in [0.25, 0.3) is 0 Å². The minimum absolute atomic E-state index is 0.220. The number of hydrogen-bond donors (Lipinski definition) is 0. The van der Waals surface area contributed by atoms with Gasteiger partial charge in [-0.15, -0.1) is 0 Å². The van der Waals surface area contributed by atoms with E-state index in [0.29, 0.717) is 19.8 Å². The van der Waals surface area contributed by atoms with Crippen LogP contribution in [-0.4, -0.2) is 63.0 Å². The molecule has 1 heterocycles. The average molecular weight is 231 g/mol. The van der Waals surface area contributed by atoms with Gasteiger partial charge in [-0.2, -0.15) is 0 Å². The third-order valence-corrected chi connectivity index (χ3v) is 2.54. The standard InChI is InChI=1S/C11H21NO4/c1-9(2)16-7-5-12-4-6-15-8-10(12)11(13)14-3/h9-10H,4-8H2,1-3H3/t10-/m1/s1. The van der Waals surface area contributed by atoms with Gasteiger partial charge in [0.05, 0.1) is 33.0 Å². The zero-order valence-electron chi connectivity index (χ0n) is 10.3. The van der Waals surface area contributed by atoms with E-state index in [1.54, 1.807) is 0 Å². The highest BCUT2D eigenvalue weighted by molar-refractivity contribution is 5.75. The summed E-state index contributed by atoms with van der Waals surface area (Å²) in [6.07, 6.45) is 0.220. The molecule has 16 heavy (non-hydrogen) atoms. The van der Waals surface area contributed by atoms with E-state index in [4.69, 9.17) is 14.2 Å². The molecule has 0 aromatic heterocycles. The van der Waals surface area contributed by atoms with Crippen molar-refractivity contribution in [3.63, 3.8) is 0 Å². The highest BCUT2D eigenvalue weighted by Gasteiger charge is 2.29. The molecular formula is C11H21NO4. The van der Waals surface area contributed by atoms with E-state index < -0.39 is 0 Å². The largest absolute Gasteiger partial charge is 0.468 e. The van der Waals surface area contributed by atoms with Crippen molar-refractivity contribution < 1.29 is 19.0 Å². The summed E-state index contributed by atoms with van der Waals surface area (Å²) in [7, 11) is 1.40. The molecule has 0 aromatic rings. The fraction of sp³-hybridized carbons (Fsp3) is 0.909. The molecule has 5 nitrogen and oxygen atoms in total. The van der Waals surface area contributed by atoms with Crippen LogP contribution in [0.2, 0.25) is 0 Å². The molecule has 0 unspecified atom stereocenters. The average Bonchev–Trinajstić information content (AvgIpc) is 2.28. The molecule has 0 radical (unpaired) electrons. The quantitative estimate of drug-likeness (QED) is 0.636. The van der Waals surface area contributed by atoms with Crippen molar-refractivity contribution in [1.82, 2.24) is 4.90 Å². The molecule has 1 rings (SSSR count). The molecule has 1 atom stereocenters. The van der Waals surface area contributed by atoms with Crippen LogP contribution >= 0.6 is 0 Å². The van der Waals surface area contributed by atoms with E-state index in [0.717, 1.165) is 13.1 Å². The highest BCUT2D eigenvalue weighted by atomic mass is 16.5. The normalized spacial score (nSPS) is 22.4. The minimum Gasteiger partial charge on any atom is -0.468 e. The molecule has 0 spiro atoms. The molecule has 94 valence electrons. The SMILES string of the molecule is COC(=O)[C@H]1COCCN1CCOC(C)C. The molecule has 1 aliphatic rings. The summed E-state index contributed by atoms with van der Waals surface area (Å²) in [5.41, 5.74) is 0. The first-order valence-corrected chi connectivity index (χ1v) is 5.66. The van der Waals surface area contributed by atoms with Crippen LogP contribution in [0.3, 0.4) is 0 Å². The van der Waals surface area contributed by atoms with Crippen molar-refractivity contribution in [2.24, 2.45) is 0 Å². The van der Waals surface area contributed by atoms with Crippen LogP contribution in [-0.2, 0) is 19.0 Å². The predicted molar refractivity (Wildman–Crippen MR) is 59.3 cm³/mol. The molecule has 0 amide bonds. The summed E-state index contributed by atoms with van der Waals surface area (Å²) in [5, 5.41) is 0. The van der Waals surface area contributed by atoms with Gasteiger partial charge < -0.3 is 14.2 Å². The number of carbonyl (C=O) groups excluding carboxylic acids is 1. The van der Waals surface area contributed by atoms with Crippen LogP contribution in [0.15, 0.2) is 0 Å². The maximum absolute atomic E-state index is 11.5. The third kappa shape index (κ3) is 4.08. The van der Waals surface area contributed by atoms with Crippen LogP contribution < -0.4 is 0 Å². The summed E-state index contributed by atoms with van der Waals surface area (Å²) in [6.45, 7) is 7.19. The first-order chi connectivity index (χ1) is 7.65. The second-order valence-electron chi connectivity index (χ2n) is 4.07. The molecule has 1 fully saturated rings. The fourth-order valence-electron chi connectivity index (χ4n) is 1.66. The van der Waals surface area contributed by atoms with E-state index in [-0.39, 0.29) is 18.1 Å². The van der Waals surface area contributed by atoms with Gasteiger partial charge in [0, 0.05) is 13.1 Å². The Morgan fingerprint density at radius 2 is 2.31 bits per heavy atom.